The number of benzene rings is 2. The van der Waals surface area contributed by atoms with Crippen LogP contribution in [0, 0.1) is 16.0 Å². The lowest BCUT2D eigenvalue weighted by Crippen LogP contribution is -2.39. The van der Waals surface area contributed by atoms with Crippen molar-refractivity contribution in [3.8, 4) is 0 Å². The minimum atomic E-state index is -3.79. The minimum absolute atomic E-state index is 0.0561. The van der Waals surface area contributed by atoms with E-state index in [4.69, 9.17) is 0 Å². The number of nitro benzene ring substituents is 1. The van der Waals surface area contributed by atoms with E-state index in [-0.39, 0.29) is 28.7 Å². The second-order valence-electron chi connectivity index (χ2n) is 7.35. The van der Waals surface area contributed by atoms with Crippen LogP contribution in [0.3, 0.4) is 0 Å². The van der Waals surface area contributed by atoms with E-state index < -0.39 is 21.1 Å². The van der Waals surface area contributed by atoms with Gasteiger partial charge in [0.2, 0.25) is 10.0 Å². The number of piperidine rings is 1. The predicted octanol–water partition coefficient (Wildman–Crippen LogP) is 3.16. The molecule has 9 heteroatoms. The van der Waals surface area contributed by atoms with Gasteiger partial charge in [0.1, 0.15) is 5.69 Å². The predicted molar refractivity (Wildman–Crippen MR) is 110 cm³/mol. The molecule has 0 radical (unpaired) electrons. The molecule has 8 nitrogen and oxygen atoms in total. The summed E-state index contributed by atoms with van der Waals surface area (Å²) in [6, 6.07) is 12.8. The first-order valence-corrected chi connectivity index (χ1v) is 11.0. The molecule has 0 unspecified atom stereocenters. The molecule has 0 saturated carbocycles. The summed E-state index contributed by atoms with van der Waals surface area (Å²) in [6.45, 7) is 2.89. The molecule has 0 spiro atoms. The van der Waals surface area contributed by atoms with Gasteiger partial charge in [-0.3, -0.25) is 10.1 Å². The van der Waals surface area contributed by atoms with E-state index in [1.54, 1.807) is 24.3 Å². The van der Waals surface area contributed by atoms with E-state index >= 15 is 0 Å². The average molecular weight is 420 g/mol. The lowest BCUT2D eigenvalue weighted by atomic mass is 10.0. The van der Waals surface area contributed by atoms with Crippen LogP contribution in [-0.4, -0.2) is 42.4 Å². The molecule has 1 saturated heterocycles. The molecule has 156 valence electrons. The number of nitrogens with zero attached hydrogens (tertiary/aromatic N) is 2. The molecule has 1 fully saturated rings. The van der Waals surface area contributed by atoms with E-state index in [0.29, 0.717) is 18.7 Å². The molecule has 1 aliphatic heterocycles. The van der Waals surface area contributed by atoms with Gasteiger partial charge in [-0.05, 0) is 36.5 Å². The van der Waals surface area contributed by atoms with Crippen molar-refractivity contribution in [2.75, 3.05) is 25.0 Å². The van der Waals surface area contributed by atoms with Crippen LogP contribution in [0.25, 0.3) is 0 Å². The van der Waals surface area contributed by atoms with Gasteiger partial charge in [-0.25, -0.2) is 8.42 Å². The molecule has 0 aromatic heterocycles. The lowest BCUT2D eigenvalue weighted by molar-refractivity contribution is -0.384. The summed E-state index contributed by atoms with van der Waals surface area (Å²) in [5.41, 5.74) is 0.508. The van der Waals surface area contributed by atoms with Gasteiger partial charge in [0.05, 0.1) is 15.9 Å². The van der Waals surface area contributed by atoms with E-state index in [1.807, 2.05) is 13.0 Å². The third kappa shape index (κ3) is 4.92. The van der Waals surface area contributed by atoms with Gasteiger partial charge in [-0.1, -0.05) is 37.3 Å². The van der Waals surface area contributed by atoms with Crippen molar-refractivity contribution in [1.82, 2.24) is 4.31 Å². The molecule has 3 rings (SSSR count). The normalized spacial score (nSPS) is 18.9. The topological polar surface area (TPSA) is 113 Å². The maximum Gasteiger partial charge on any atom is 0.293 e. The molecule has 1 aliphatic rings. The van der Waals surface area contributed by atoms with Gasteiger partial charge < -0.3 is 10.4 Å². The van der Waals surface area contributed by atoms with Crippen molar-refractivity contribution < 1.29 is 18.4 Å². The molecule has 0 amide bonds. The Labute approximate surface area is 170 Å². The maximum atomic E-state index is 12.9. The first-order valence-electron chi connectivity index (χ1n) is 9.54. The number of aliphatic hydroxyl groups excluding tert-OH is 1. The molecule has 2 atom stereocenters. The Hall–Kier alpha value is -2.49. The first kappa shape index (κ1) is 21.2. The van der Waals surface area contributed by atoms with Gasteiger partial charge in [0.15, 0.2) is 0 Å². The molecular formula is C20H25N3O5S. The molecule has 0 aliphatic carbocycles. The highest BCUT2D eigenvalue weighted by molar-refractivity contribution is 7.89. The number of nitrogens with one attached hydrogen (secondary N) is 1. The standard InChI is InChI=1S/C20H25N3O5S/c1-15-6-5-11-22(14-15)29(27,28)17-9-10-18(19(12-17)23(25)26)21-13-20(24)16-7-3-2-4-8-16/h2-4,7-10,12,15,20-21,24H,5-6,11,13-14H2,1H3/t15-,20+/m1/s1. The van der Waals surface area contributed by atoms with Crippen LogP contribution in [0.15, 0.2) is 53.4 Å². The number of hydrogen-bond acceptors (Lipinski definition) is 6. The highest BCUT2D eigenvalue weighted by Crippen LogP contribution is 2.31. The summed E-state index contributed by atoms with van der Waals surface area (Å²) in [5, 5.41) is 24.7. The third-order valence-corrected chi connectivity index (χ3v) is 6.95. The third-order valence-electron chi connectivity index (χ3n) is 5.09. The Morgan fingerprint density at radius 3 is 2.66 bits per heavy atom. The number of rotatable bonds is 7. The molecule has 0 bridgehead atoms. The molecular weight excluding hydrogens is 394 g/mol. The second-order valence-corrected chi connectivity index (χ2v) is 9.29. The van der Waals surface area contributed by atoms with Crippen molar-refractivity contribution in [2.45, 2.75) is 30.8 Å². The van der Waals surface area contributed by atoms with Gasteiger partial charge >= 0.3 is 0 Å². The zero-order valence-electron chi connectivity index (χ0n) is 16.2. The number of sulfonamides is 1. The van der Waals surface area contributed by atoms with Crippen LogP contribution in [0.1, 0.15) is 31.4 Å². The van der Waals surface area contributed by atoms with Gasteiger partial charge in [-0.15, -0.1) is 0 Å². The summed E-state index contributed by atoms with van der Waals surface area (Å²) < 4.78 is 27.2. The van der Waals surface area contributed by atoms with Crippen LogP contribution < -0.4 is 5.32 Å². The molecule has 2 N–H and O–H groups in total. The van der Waals surface area contributed by atoms with E-state index in [0.717, 1.165) is 18.9 Å². The Balaban J connectivity index is 1.81. The van der Waals surface area contributed by atoms with Crippen molar-refractivity contribution in [3.63, 3.8) is 0 Å². The largest absolute Gasteiger partial charge is 0.387 e. The monoisotopic (exact) mass is 419 g/mol. The molecule has 2 aromatic rings. The molecule has 29 heavy (non-hydrogen) atoms. The SMILES string of the molecule is C[C@@H]1CCCN(S(=O)(=O)c2ccc(NC[C@H](O)c3ccccc3)c([N+](=O)[O-])c2)C1. The number of nitro groups is 1. The highest BCUT2D eigenvalue weighted by atomic mass is 32.2. The molecule has 2 aromatic carbocycles. The van der Waals surface area contributed by atoms with Crippen LogP contribution in [0.5, 0.6) is 0 Å². The Kier molecular flexibility index (Phi) is 6.51. The zero-order chi connectivity index (χ0) is 21.0. The molecule has 1 heterocycles. The van der Waals surface area contributed by atoms with Gasteiger partial charge in [0.25, 0.3) is 5.69 Å². The van der Waals surface area contributed by atoms with Crippen LogP contribution in [0.4, 0.5) is 11.4 Å². The summed E-state index contributed by atoms with van der Waals surface area (Å²) in [6.07, 6.45) is 0.896. The smallest absolute Gasteiger partial charge is 0.293 e. The summed E-state index contributed by atoms with van der Waals surface area (Å²) in [5.74, 6) is 0.258. The first-order chi connectivity index (χ1) is 13.8. The van der Waals surface area contributed by atoms with Crippen LogP contribution in [-0.2, 0) is 10.0 Å². The van der Waals surface area contributed by atoms with Crippen LogP contribution >= 0.6 is 0 Å². The summed E-state index contributed by atoms with van der Waals surface area (Å²) in [4.78, 5) is 10.8. The minimum Gasteiger partial charge on any atom is -0.387 e. The number of anilines is 1. The average Bonchev–Trinajstić information content (AvgIpc) is 2.72. The fourth-order valence-corrected chi connectivity index (χ4v) is 5.10. The Bertz CT molecular complexity index is 965. The number of aliphatic hydroxyl groups is 1. The highest BCUT2D eigenvalue weighted by Gasteiger charge is 2.30. The fourth-order valence-electron chi connectivity index (χ4n) is 3.49. The fraction of sp³-hybridized carbons (Fsp3) is 0.400. The Morgan fingerprint density at radius 2 is 2.00 bits per heavy atom. The van der Waals surface area contributed by atoms with E-state index in [1.165, 1.54) is 16.4 Å². The quantitative estimate of drug-likeness (QED) is 0.526. The van der Waals surface area contributed by atoms with Crippen molar-refractivity contribution in [3.05, 3.63) is 64.2 Å². The summed E-state index contributed by atoms with van der Waals surface area (Å²) in [7, 11) is -3.79. The zero-order valence-corrected chi connectivity index (χ0v) is 17.0. The van der Waals surface area contributed by atoms with Crippen molar-refractivity contribution in [1.29, 1.82) is 0 Å². The second kappa shape index (κ2) is 8.89. The van der Waals surface area contributed by atoms with E-state index in [2.05, 4.69) is 5.32 Å². The van der Waals surface area contributed by atoms with Crippen LogP contribution in [0.2, 0.25) is 0 Å². The van der Waals surface area contributed by atoms with Crippen molar-refractivity contribution in [2.24, 2.45) is 5.92 Å². The van der Waals surface area contributed by atoms with Gasteiger partial charge in [0, 0.05) is 25.7 Å². The maximum absolute atomic E-state index is 12.9. The Morgan fingerprint density at radius 1 is 1.28 bits per heavy atom. The van der Waals surface area contributed by atoms with Gasteiger partial charge in [-0.2, -0.15) is 4.31 Å². The number of hydrogen-bond donors (Lipinski definition) is 2. The lowest BCUT2D eigenvalue weighted by Gasteiger charge is -2.30. The van der Waals surface area contributed by atoms with Crippen molar-refractivity contribution >= 4 is 21.4 Å². The van der Waals surface area contributed by atoms with E-state index in [9.17, 15) is 23.6 Å². The summed E-state index contributed by atoms with van der Waals surface area (Å²) >= 11 is 0.